The van der Waals surface area contributed by atoms with Crippen LogP contribution in [-0.4, -0.2) is 23.7 Å². The van der Waals surface area contributed by atoms with E-state index in [9.17, 15) is 20.0 Å². The van der Waals surface area contributed by atoms with Crippen molar-refractivity contribution in [2.75, 3.05) is 6.61 Å². The van der Waals surface area contributed by atoms with Crippen LogP contribution in [0.4, 0.5) is 5.69 Å². The zero-order valence-corrected chi connectivity index (χ0v) is 15.0. The second-order valence-electron chi connectivity index (χ2n) is 5.91. The number of ether oxygens (including phenoxy) is 1. The van der Waals surface area contributed by atoms with Gasteiger partial charge < -0.3 is 9.84 Å². The topological polar surface area (TPSA) is 117 Å². The smallest absolute Gasteiger partial charge is 0.277 e. The standard InChI is InChI=1S/C19H21N3O5/c1-3-13(2)14-7-9-16(10-8-14)27-12-18(23)21-20-11-15-5-4-6-17(19(15)24)22(25)26/h4-11,13,24H,3,12H2,1-2H3,(H,21,23)/p-1/b20-11-/t13-/m1/s1. The van der Waals surface area contributed by atoms with Gasteiger partial charge in [-0.15, -0.1) is 0 Å². The Hall–Kier alpha value is -3.42. The second-order valence-corrected chi connectivity index (χ2v) is 5.91. The second kappa shape index (κ2) is 9.33. The van der Waals surface area contributed by atoms with Crippen molar-refractivity contribution in [3.63, 3.8) is 0 Å². The fraction of sp³-hybridized carbons (Fsp3) is 0.263. The molecule has 0 fully saturated rings. The number of carbonyl (C=O) groups is 1. The third-order valence-corrected chi connectivity index (χ3v) is 4.05. The highest BCUT2D eigenvalue weighted by molar-refractivity contribution is 5.86. The molecule has 0 aromatic heterocycles. The molecule has 0 unspecified atom stereocenters. The molecule has 0 bridgehead atoms. The van der Waals surface area contributed by atoms with Crippen LogP contribution in [0.3, 0.4) is 0 Å². The van der Waals surface area contributed by atoms with E-state index in [0.29, 0.717) is 11.7 Å². The summed E-state index contributed by atoms with van der Waals surface area (Å²) < 4.78 is 5.38. The van der Waals surface area contributed by atoms with Gasteiger partial charge in [-0.05, 0) is 41.3 Å². The summed E-state index contributed by atoms with van der Waals surface area (Å²) in [4.78, 5) is 21.7. The van der Waals surface area contributed by atoms with E-state index in [1.54, 1.807) is 12.1 Å². The molecule has 0 saturated heterocycles. The summed E-state index contributed by atoms with van der Waals surface area (Å²) >= 11 is 0. The molecule has 0 saturated carbocycles. The van der Waals surface area contributed by atoms with Crippen molar-refractivity contribution >= 4 is 17.8 Å². The van der Waals surface area contributed by atoms with Gasteiger partial charge in [-0.1, -0.05) is 38.1 Å². The first-order valence-electron chi connectivity index (χ1n) is 8.41. The van der Waals surface area contributed by atoms with Crippen LogP contribution in [0.1, 0.15) is 37.3 Å². The minimum absolute atomic E-state index is 0.00560. The van der Waals surface area contributed by atoms with Crippen LogP contribution >= 0.6 is 0 Å². The highest BCUT2D eigenvalue weighted by Crippen LogP contribution is 2.25. The average molecular weight is 370 g/mol. The normalized spacial score (nSPS) is 11.9. The molecule has 1 N–H and O–H groups in total. The van der Waals surface area contributed by atoms with Crippen molar-refractivity contribution in [1.82, 2.24) is 5.43 Å². The largest absolute Gasteiger partial charge is 0.867 e. The maximum Gasteiger partial charge on any atom is 0.277 e. The van der Waals surface area contributed by atoms with Gasteiger partial charge in [0.25, 0.3) is 11.6 Å². The number of nitro benzene ring substituents is 1. The third-order valence-electron chi connectivity index (χ3n) is 4.05. The lowest BCUT2D eigenvalue weighted by Crippen LogP contribution is -2.24. The molecule has 0 aliphatic carbocycles. The maximum absolute atomic E-state index is 11.8. The molecule has 0 heterocycles. The van der Waals surface area contributed by atoms with Crippen LogP contribution in [-0.2, 0) is 4.79 Å². The summed E-state index contributed by atoms with van der Waals surface area (Å²) in [6.07, 6.45) is 2.10. The molecule has 2 aromatic rings. The molecule has 2 rings (SSSR count). The van der Waals surface area contributed by atoms with Gasteiger partial charge >= 0.3 is 0 Å². The first-order chi connectivity index (χ1) is 12.9. The van der Waals surface area contributed by atoms with Gasteiger partial charge in [0.05, 0.1) is 11.1 Å². The number of para-hydroxylation sites is 1. The molecule has 2 aromatic carbocycles. The quantitative estimate of drug-likeness (QED) is 0.435. The number of hydrogen-bond acceptors (Lipinski definition) is 6. The lowest BCUT2D eigenvalue weighted by atomic mass is 9.99. The molecule has 0 aliphatic heterocycles. The molecule has 1 atom stereocenters. The molecule has 142 valence electrons. The van der Waals surface area contributed by atoms with E-state index in [1.165, 1.54) is 17.7 Å². The van der Waals surface area contributed by atoms with Crippen molar-refractivity contribution in [3.8, 4) is 11.5 Å². The SMILES string of the molecule is CC[C@@H](C)c1ccc(OCC(=O)N/N=C\c2cccc([N+](=O)[O-])c2[O-])cc1. The molecule has 0 spiro atoms. The third kappa shape index (κ3) is 5.53. The van der Waals surface area contributed by atoms with Crippen LogP contribution in [0.25, 0.3) is 0 Å². The molecule has 8 heteroatoms. The Morgan fingerprint density at radius 3 is 2.63 bits per heavy atom. The molecule has 8 nitrogen and oxygen atoms in total. The van der Waals surface area contributed by atoms with Gasteiger partial charge in [-0.25, -0.2) is 5.43 Å². The van der Waals surface area contributed by atoms with Crippen LogP contribution in [0.15, 0.2) is 47.6 Å². The average Bonchev–Trinajstić information content (AvgIpc) is 2.67. The van der Waals surface area contributed by atoms with E-state index in [2.05, 4.69) is 24.4 Å². The molecule has 0 aliphatic rings. The van der Waals surface area contributed by atoms with Crippen molar-refractivity contribution in [3.05, 3.63) is 63.7 Å². The fourth-order valence-electron chi connectivity index (χ4n) is 2.27. The number of rotatable bonds is 8. The van der Waals surface area contributed by atoms with Crippen molar-refractivity contribution in [2.45, 2.75) is 26.2 Å². The molecule has 0 radical (unpaired) electrons. The van der Waals surface area contributed by atoms with E-state index >= 15 is 0 Å². The summed E-state index contributed by atoms with van der Waals surface area (Å²) in [5.41, 5.74) is 2.87. The summed E-state index contributed by atoms with van der Waals surface area (Å²) in [6, 6.07) is 11.4. The van der Waals surface area contributed by atoms with Gasteiger partial charge in [0, 0.05) is 6.07 Å². The fourth-order valence-corrected chi connectivity index (χ4v) is 2.27. The minimum atomic E-state index is -0.766. The molecular formula is C19H20N3O5-. The molecule has 27 heavy (non-hydrogen) atoms. The summed E-state index contributed by atoms with van der Waals surface area (Å²) in [5.74, 6) is -0.272. The van der Waals surface area contributed by atoms with Crippen molar-refractivity contribution in [1.29, 1.82) is 0 Å². The molecular weight excluding hydrogens is 350 g/mol. The lowest BCUT2D eigenvalue weighted by molar-refractivity contribution is -0.398. The summed E-state index contributed by atoms with van der Waals surface area (Å²) in [6.45, 7) is 4.00. The van der Waals surface area contributed by atoms with E-state index in [1.807, 2.05) is 12.1 Å². The van der Waals surface area contributed by atoms with Crippen molar-refractivity contribution in [2.24, 2.45) is 5.10 Å². The van der Waals surface area contributed by atoms with Gasteiger partial charge in [0.2, 0.25) is 0 Å². The highest BCUT2D eigenvalue weighted by Gasteiger charge is 2.08. The van der Waals surface area contributed by atoms with Gasteiger partial charge in [0.1, 0.15) is 5.75 Å². The van der Waals surface area contributed by atoms with Gasteiger partial charge in [0.15, 0.2) is 6.61 Å². The maximum atomic E-state index is 11.8. The Kier molecular flexibility index (Phi) is 6.87. The minimum Gasteiger partial charge on any atom is -0.867 e. The summed E-state index contributed by atoms with van der Waals surface area (Å²) in [5, 5.41) is 26.2. The summed E-state index contributed by atoms with van der Waals surface area (Å²) in [7, 11) is 0. The number of hydrazone groups is 1. The number of benzene rings is 2. The Labute approximate surface area is 156 Å². The first kappa shape index (κ1) is 19.9. The van der Waals surface area contributed by atoms with E-state index in [-0.39, 0.29) is 12.2 Å². The van der Waals surface area contributed by atoms with Crippen LogP contribution in [0, 0.1) is 10.1 Å². The lowest BCUT2D eigenvalue weighted by Gasteiger charge is -2.10. The zero-order chi connectivity index (χ0) is 19.8. The number of nitrogens with zero attached hydrogens (tertiary/aromatic N) is 2. The van der Waals surface area contributed by atoms with Crippen molar-refractivity contribution < 1.29 is 19.6 Å². The van der Waals surface area contributed by atoms with Gasteiger partial charge in [-0.3, -0.25) is 14.9 Å². The van der Waals surface area contributed by atoms with Crippen LogP contribution in [0.2, 0.25) is 0 Å². The Bertz CT molecular complexity index is 834. The van der Waals surface area contributed by atoms with Crippen LogP contribution in [0.5, 0.6) is 11.5 Å². The monoisotopic (exact) mass is 370 g/mol. The predicted octanol–water partition coefficient (Wildman–Crippen LogP) is 2.71. The van der Waals surface area contributed by atoms with Gasteiger partial charge in [-0.2, -0.15) is 5.10 Å². The van der Waals surface area contributed by atoms with E-state index in [4.69, 9.17) is 4.74 Å². The zero-order valence-electron chi connectivity index (χ0n) is 15.0. The van der Waals surface area contributed by atoms with E-state index in [0.717, 1.165) is 18.7 Å². The Morgan fingerprint density at radius 1 is 1.30 bits per heavy atom. The number of hydrogen-bond donors (Lipinski definition) is 1. The Morgan fingerprint density at radius 2 is 2.00 bits per heavy atom. The predicted molar refractivity (Wildman–Crippen MR) is 98.9 cm³/mol. The van der Waals surface area contributed by atoms with Crippen LogP contribution < -0.4 is 15.3 Å². The first-order valence-corrected chi connectivity index (χ1v) is 8.41. The number of nitrogens with one attached hydrogen (secondary N) is 1. The highest BCUT2D eigenvalue weighted by atomic mass is 16.6. The number of carbonyl (C=O) groups excluding carboxylic acids is 1. The number of amides is 1. The molecule has 1 amide bonds. The number of nitro groups is 1. The van der Waals surface area contributed by atoms with E-state index < -0.39 is 22.3 Å². The Balaban J connectivity index is 1.87.